The van der Waals surface area contributed by atoms with Gasteiger partial charge in [0.2, 0.25) is 0 Å². The molecule has 2 N–H and O–H groups in total. The van der Waals surface area contributed by atoms with Crippen LogP contribution >= 0.6 is 0 Å². The molecule has 0 aliphatic carbocycles. The summed E-state index contributed by atoms with van der Waals surface area (Å²) in [5.74, 6) is 0.114. The van der Waals surface area contributed by atoms with Crippen LogP contribution in [-0.4, -0.2) is 31.8 Å². The van der Waals surface area contributed by atoms with E-state index >= 15 is 0 Å². The molecule has 2 aromatic carbocycles. The van der Waals surface area contributed by atoms with Crippen LogP contribution in [0.15, 0.2) is 53.5 Å². The minimum absolute atomic E-state index is 0.119. The number of rotatable bonds is 8. The van der Waals surface area contributed by atoms with E-state index in [0.717, 1.165) is 24.3 Å². The van der Waals surface area contributed by atoms with Crippen LogP contribution in [0.3, 0.4) is 0 Å². The van der Waals surface area contributed by atoms with E-state index in [-0.39, 0.29) is 6.61 Å². The molecule has 24 heavy (non-hydrogen) atoms. The second-order valence-electron chi connectivity index (χ2n) is 5.27. The van der Waals surface area contributed by atoms with Crippen molar-refractivity contribution in [3.63, 3.8) is 0 Å². The highest BCUT2D eigenvalue weighted by Crippen LogP contribution is 2.20. The molecule has 0 bridgehead atoms. The van der Waals surface area contributed by atoms with E-state index in [1.165, 1.54) is 5.69 Å². The van der Waals surface area contributed by atoms with Crippen LogP contribution in [0, 0.1) is 0 Å². The Balaban J connectivity index is 1.98. The van der Waals surface area contributed by atoms with Crippen LogP contribution in [0.5, 0.6) is 5.75 Å². The van der Waals surface area contributed by atoms with E-state index in [0.29, 0.717) is 5.75 Å². The van der Waals surface area contributed by atoms with E-state index in [9.17, 15) is 4.79 Å². The average Bonchev–Trinajstić information content (AvgIpc) is 2.61. The molecule has 2 aromatic rings. The summed E-state index contributed by atoms with van der Waals surface area (Å²) in [7, 11) is 0. The van der Waals surface area contributed by atoms with Gasteiger partial charge in [-0.05, 0) is 67.9 Å². The van der Waals surface area contributed by atoms with E-state index < -0.39 is 5.91 Å². The molecule has 126 valence electrons. The van der Waals surface area contributed by atoms with Gasteiger partial charge in [-0.1, -0.05) is 0 Å². The summed E-state index contributed by atoms with van der Waals surface area (Å²) in [5.41, 5.74) is 8.10. The molecule has 0 aromatic heterocycles. The lowest BCUT2D eigenvalue weighted by molar-refractivity contribution is -0.119. The van der Waals surface area contributed by atoms with Crippen molar-refractivity contribution in [1.29, 1.82) is 0 Å². The Labute approximate surface area is 142 Å². The molecule has 0 aliphatic rings. The molecule has 0 atom stereocenters. The summed E-state index contributed by atoms with van der Waals surface area (Å²) in [4.78, 5) is 17.4. The van der Waals surface area contributed by atoms with E-state index in [2.05, 4.69) is 35.9 Å². The molecule has 0 radical (unpaired) electrons. The maximum Gasteiger partial charge on any atom is 0.255 e. The van der Waals surface area contributed by atoms with Gasteiger partial charge in [0.05, 0.1) is 5.69 Å². The van der Waals surface area contributed by atoms with Crippen LogP contribution in [0.2, 0.25) is 0 Å². The van der Waals surface area contributed by atoms with Gasteiger partial charge in [-0.25, -0.2) is 0 Å². The highest BCUT2D eigenvalue weighted by molar-refractivity contribution is 5.82. The number of nitrogens with two attached hydrogens (primary N) is 1. The van der Waals surface area contributed by atoms with Gasteiger partial charge in [-0.2, -0.15) is 0 Å². The average molecular weight is 325 g/mol. The lowest BCUT2D eigenvalue weighted by atomic mass is 10.2. The van der Waals surface area contributed by atoms with E-state index in [1.54, 1.807) is 18.3 Å². The number of carbonyl (C=O) groups is 1. The Bertz CT molecular complexity index is 675. The summed E-state index contributed by atoms with van der Waals surface area (Å²) in [6.07, 6.45) is 1.80. The molecule has 5 nitrogen and oxygen atoms in total. The first-order valence-electron chi connectivity index (χ1n) is 8.02. The van der Waals surface area contributed by atoms with Gasteiger partial charge in [0.25, 0.3) is 5.91 Å². The number of nitrogens with zero attached hydrogens (tertiary/aromatic N) is 2. The van der Waals surface area contributed by atoms with E-state index in [1.807, 2.05) is 24.3 Å². The monoisotopic (exact) mass is 325 g/mol. The first kappa shape index (κ1) is 17.5. The Morgan fingerprint density at radius 1 is 1.08 bits per heavy atom. The Morgan fingerprint density at radius 3 is 2.25 bits per heavy atom. The molecular weight excluding hydrogens is 302 g/mol. The fraction of sp³-hybridized carbons (Fsp3) is 0.263. The zero-order chi connectivity index (χ0) is 17.4. The maximum absolute atomic E-state index is 10.7. The molecule has 0 spiro atoms. The number of aliphatic imine (C=N–C) groups is 1. The molecular formula is C19H23N3O2. The quantitative estimate of drug-likeness (QED) is 0.758. The predicted octanol–water partition coefficient (Wildman–Crippen LogP) is 3.15. The van der Waals surface area contributed by atoms with Crippen LogP contribution in [0.1, 0.15) is 19.4 Å². The van der Waals surface area contributed by atoms with Crippen molar-refractivity contribution in [2.45, 2.75) is 13.8 Å². The number of carbonyl (C=O) groups excluding carboxylic acids is 1. The van der Waals surface area contributed by atoms with Crippen LogP contribution in [0.25, 0.3) is 0 Å². The van der Waals surface area contributed by atoms with Crippen molar-refractivity contribution >= 4 is 23.5 Å². The Kier molecular flexibility index (Phi) is 6.37. The molecule has 0 unspecified atom stereocenters. The largest absolute Gasteiger partial charge is 0.484 e. The van der Waals surface area contributed by atoms with Crippen molar-refractivity contribution < 1.29 is 9.53 Å². The molecule has 0 heterocycles. The van der Waals surface area contributed by atoms with Crippen LogP contribution in [0.4, 0.5) is 11.4 Å². The van der Waals surface area contributed by atoms with Gasteiger partial charge in [-0.3, -0.25) is 9.79 Å². The van der Waals surface area contributed by atoms with Crippen molar-refractivity contribution in [3.05, 3.63) is 54.1 Å². The zero-order valence-electron chi connectivity index (χ0n) is 14.1. The van der Waals surface area contributed by atoms with E-state index in [4.69, 9.17) is 10.5 Å². The minimum atomic E-state index is -0.492. The third-order valence-electron chi connectivity index (χ3n) is 3.60. The third kappa shape index (κ3) is 5.12. The topological polar surface area (TPSA) is 67.9 Å². The summed E-state index contributed by atoms with van der Waals surface area (Å²) in [5, 5.41) is 0. The van der Waals surface area contributed by atoms with Crippen LogP contribution in [-0.2, 0) is 4.79 Å². The SMILES string of the molecule is CCN(CC)c1ccc(N=Cc2ccc(OCC(N)=O)cc2)cc1. The molecule has 0 aliphatic heterocycles. The highest BCUT2D eigenvalue weighted by Gasteiger charge is 2.01. The standard InChI is InChI=1S/C19H23N3O2/c1-3-22(4-2)17-9-7-16(8-10-17)21-13-15-5-11-18(12-6-15)24-14-19(20)23/h5-13H,3-4,14H2,1-2H3,(H2,20,23). The van der Waals surface area contributed by atoms with Gasteiger partial charge in [0.15, 0.2) is 6.61 Å². The number of anilines is 1. The molecule has 0 saturated heterocycles. The summed E-state index contributed by atoms with van der Waals surface area (Å²) in [6.45, 7) is 6.15. The molecule has 1 amide bonds. The Hall–Kier alpha value is -2.82. The number of amides is 1. The summed E-state index contributed by atoms with van der Waals surface area (Å²) < 4.78 is 5.22. The second kappa shape index (κ2) is 8.72. The van der Waals surface area contributed by atoms with Gasteiger partial charge >= 0.3 is 0 Å². The normalized spacial score (nSPS) is 10.8. The lowest BCUT2D eigenvalue weighted by Gasteiger charge is -2.20. The predicted molar refractivity (Wildman–Crippen MR) is 98.4 cm³/mol. The van der Waals surface area contributed by atoms with Crippen molar-refractivity contribution in [3.8, 4) is 5.75 Å². The molecule has 5 heteroatoms. The molecule has 2 rings (SSSR count). The number of ether oxygens (including phenoxy) is 1. The van der Waals surface area contributed by atoms with Gasteiger partial charge in [-0.15, -0.1) is 0 Å². The summed E-state index contributed by atoms with van der Waals surface area (Å²) in [6, 6.07) is 15.5. The van der Waals surface area contributed by atoms with Crippen molar-refractivity contribution in [1.82, 2.24) is 0 Å². The first-order chi connectivity index (χ1) is 11.6. The Morgan fingerprint density at radius 2 is 1.71 bits per heavy atom. The van der Waals surface area contributed by atoms with Gasteiger partial charge in [0, 0.05) is 25.0 Å². The fourth-order valence-electron chi connectivity index (χ4n) is 2.29. The van der Waals surface area contributed by atoms with Gasteiger partial charge < -0.3 is 15.4 Å². The lowest BCUT2D eigenvalue weighted by Crippen LogP contribution is -2.21. The first-order valence-corrected chi connectivity index (χ1v) is 8.02. The smallest absolute Gasteiger partial charge is 0.255 e. The number of hydrogen-bond acceptors (Lipinski definition) is 4. The summed E-state index contributed by atoms with van der Waals surface area (Å²) >= 11 is 0. The van der Waals surface area contributed by atoms with Crippen molar-refractivity contribution in [2.24, 2.45) is 10.7 Å². The molecule has 0 saturated carbocycles. The van der Waals surface area contributed by atoms with Gasteiger partial charge in [0.1, 0.15) is 5.75 Å². The van der Waals surface area contributed by atoms with Crippen LogP contribution < -0.4 is 15.4 Å². The number of hydrogen-bond donors (Lipinski definition) is 1. The minimum Gasteiger partial charge on any atom is -0.484 e. The highest BCUT2D eigenvalue weighted by atomic mass is 16.5. The molecule has 0 fully saturated rings. The number of primary amides is 1. The second-order valence-corrected chi connectivity index (χ2v) is 5.27. The number of benzene rings is 2. The maximum atomic E-state index is 10.7. The fourth-order valence-corrected chi connectivity index (χ4v) is 2.29. The third-order valence-corrected chi connectivity index (χ3v) is 3.60. The zero-order valence-corrected chi connectivity index (χ0v) is 14.1. The van der Waals surface area contributed by atoms with Crippen molar-refractivity contribution in [2.75, 3.05) is 24.6 Å².